The van der Waals surface area contributed by atoms with Crippen LogP contribution >= 0.6 is 22.7 Å². The lowest BCUT2D eigenvalue weighted by Crippen LogP contribution is -2.39. The fourth-order valence-corrected chi connectivity index (χ4v) is 4.78. The van der Waals surface area contributed by atoms with Crippen molar-refractivity contribution < 1.29 is 9.59 Å². The summed E-state index contributed by atoms with van der Waals surface area (Å²) in [5.41, 5.74) is 0.0771. The highest BCUT2D eigenvalue weighted by Gasteiger charge is 2.26. The molecule has 2 N–H and O–H groups in total. The highest BCUT2D eigenvalue weighted by molar-refractivity contribution is 7.22. The van der Waals surface area contributed by atoms with Crippen LogP contribution in [0.2, 0.25) is 0 Å². The molecular formula is C17H19N7O3S2. The minimum absolute atomic E-state index is 0.0114. The number of hydrogen-bond acceptors (Lipinski definition) is 9. The Kier molecular flexibility index (Phi) is 5.53. The highest BCUT2D eigenvalue weighted by Crippen LogP contribution is 2.29. The maximum atomic E-state index is 12.8. The van der Waals surface area contributed by atoms with Crippen LogP contribution in [0.5, 0.6) is 0 Å². The molecule has 3 aromatic rings. The zero-order valence-corrected chi connectivity index (χ0v) is 17.3. The van der Waals surface area contributed by atoms with Crippen LogP contribution in [0.3, 0.4) is 0 Å². The van der Waals surface area contributed by atoms with E-state index in [1.807, 2.05) is 0 Å². The van der Waals surface area contributed by atoms with Gasteiger partial charge < -0.3 is 15.5 Å². The Morgan fingerprint density at radius 1 is 1.28 bits per heavy atom. The maximum absolute atomic E-state index is 12.8. The van der Waals surface area contributed by atoms with Gasteiger partial charge >= 0.3 is 0 Å². The quantitative estimate of drug-likeness (QED) is 0.613. The molecule has 0 aliphatic carbocycles. The fourth-order valence-electron chi connectivity index (χ4n) is 3.22. The van der Waals surface area contributed by atoms with Gasteiger partial charge in [0.15, 0.2) is 15.9 Å². The molecule has 2 amide bonds. The number of thiazole rings is 2. The summed E-state index contributed by atoms with van der Waals surface area (Å²) in [7, 11) is 1.65. The number of nitrogens with one attached hydrogen (secondary N) is 2. The average Bonchev–Trinajstić information content (AvgIpc) is 3.40. The first-order valence-electron chi connectivity index (χ1n) is 9.07. The lowest BCUT2D eigenvalue weighted by molar-refractivity contribution is -0.125. The molecule has 3 aromatic heterocycles. The Hall–Kier alpha value is -2.86. The molecule has 0 unspecified atom stereocenters. The molecule has 29 heavy (non-hydrogen) atoms. The molecule has 0 bridgehead atoms. The molecule has 0 radical (unpaired) electrons. The lowest BCUT2D eigenvalue weighted by Gasteiger charge is -2.30. The van der Waals surface area contributed by atoms with Crippen LogP contribution in [-0.2, 0) is 16.1 Å². The Labute approximate surface area is 173 Å². The first-order valence-corrected chi connectivity index (χ1v) is 10.8. The van der Waals surface area contributed by atoms with Crippen molar-refractivity contribution in [3.8, 4) is 0 Å². The van der Waals surface area contributed by atoms with Crippen LogP contribution in [0.1, 0.15) is 12.8 Å². The SMILES string of the molecule is CNC(=O)C1CCN(c2nc3ncn(CC(=O)Nc4nccs4)c(=O)c3s2)CC1. The molecule has 4 rings (SSSR count). The normalized spacial score (nSPS) is 14.9. The van der Waals surface area contributed by atoms with Gasteiger partial charge in [0.05, 0.1) is 0 Å². The number of fused-ring (bicyclic) bond motifs is 1. The predicted molar refractivity (Wildman–Crippen MR) is 111 cm³/mol. The summed E-state index contributed by atoms with van der Waals surface area (Å²) in [4.78, 5) is 51.5. The Balaban J connectivity index is 1.48. The molecule has 0 spiro atoms. The van der Waals surface area contributed by atoms with Crippen molar-refractivity contribution in [2.24, 2.45) is 5.92 Å². The molecule has 152 valence electrons. The number of carbonyl (C=O) groups is 2. The molecule has 0 saturated carbocycles. The third kappa shape index (κ3) is 4.12. The van der Waals surface area contributed by atoms with E-state index in [0.717, 1.165) is 12.8 Å². The van der Waals surface area contributed by atoms with Gasteiger partial charge in [-0.2, -0.15) is 4.98 Å². The summed E-state index contributed by atoms with van der Waals surface area (Å²) < 4.78 is 1.68. The zero-order valence-electron chi connectivity index (χ0n) is 15.6. The smallest absolute Gasteiger partial charge is 0.273 e. The van der Waals surface area contributed by atoms with Crippen LogP contribution < -0.4 is 21.1 Å². The van der Waals surface area contributed by atoms with Crippen molar-refractivity contribution in [1.82, 2.24) is 24.8 Å². The lowest BCUT2D eigenvalue weighted by atomic mass is 9.96. The maximum Gasteiger partial charge on any atom is 0.273 e. The van der Waals surface area contributed by atoms with Crippen LogP contribution in [0.15, 0.2) is 22.7 Å². The van der Waals surface area contributed by atoms with Crippen molar-refractivity contribution in [3.05, 3.63) is 28.3 Å². The summed E-state index contributed by atoms with van der Waals surface area (Å²) in [6, 6.07) is 0. The molecule has 10 nitrogen and oxygen atoms in total. The molecular weight excluding hydrogens is 414 g/mol. The minimum Gasteiger partial charge on any atom is -0.359 e. The van der Waals surface area contributed by atoms with Gasteiger partial charge in [0, 0.05) is 37.6 Å². The number of anilines is 2. The van der Waals surface area contributed by atoms with Crippen molar-refractivity contribution in [2.75, 3.05) is 30.4 Å². The van der Waals surface area contributed by atoms with Crippen LogP contribution in [-0.4, -0.2) is 51.5 Å². The standard InChI is InChI=1S/C17H19N7O3S2/c1-18-14(26)10-2-5-23(6-3-10)17-22-13-12(29-17)15(27)24(9-20-13)8-11(25)21-16-19-4-7-28-16/h4,7,9-10H,2-3,5-6,8H2,1H3,(H,18,26)(H,19,21,25). The molecule has 1 aliphatic rings. The number of aromatic nitrogens is 4. The molecule has 4 heterocycles. The Morgan fingerprint density at radius 3 is 2.76 bits per heavy atom. The number of carbonyl (C=O) groups excluding carboxylic acids is 2. The van der Waals surface area contributed by atoms with Crippen molar-refractivity contribution >= 4 is 55.1 Å². The average molecular weight is 434 g/mol. The minimum atomic E-state index is -0.343. The van der Waals surface area contributed by atoms with Crippen LogP contribution in [0.4, 0.5) is 10.3 Å². The molecule has 1 aliphatic heterocycles. The van der Waals surface area contributed by atoms with Gasteiger partial charge in [-0.05, 0) is 12.8 Å². The summed E-state index contributed by atoms with van der Waals surface area (Å²) in [6.07, 6.45) is 4.41. The van der Waals surface area contributed by atoms with E-state index in [-0.39, 0.29) is 29.8 Å². The predicted octanol–water partition coefficient (Wildman–Crippen LogP) is 0.911. The second-order valence-corrected chi connectivity index (χ2v) is 8.46. The van der Waals surface area contributed by atoms with E-state index in [0.29, 0.717) is 33.7 Å². The summed E-state index contributed by atoms with van der Waals surface area (Å²) in [6.45, 7) is 1.25. The number of piperidine rings is 1. The van der Waals surface area contributed by atoms with E-state index in [1.165, 1.54) is 33.6 Å². The summed E-state index contributed by atoms with van der Waals surface area (Å²) >= 11 is 2.58. The van der Waals surface area contributed by atoms with Crippen molar-refractivity contribution in [2.45, 2.75) is 19.4 Å². The number of nitrogens with zero attached hydrogens (tertiary/aromatic N) is 5. The molecule has 0 atom stereocenters. The first kappa shape index (κ1) is 19.5. The number of rotatable bonds is 5. The van der Waals surface area contributed by atoms with Gasteiger partial charge in [0.2, 0.25) is 11.8 Å². The largest absolute Gasteiger partial charge is 0.359 e. The van der Waals surface area contributed by atoms with E-state index < -0.39 is 0 Å². The molecule has 0 aromatic carbocycles. The zero-order chi connectivity index (χ0) is 20.4. The van der Waals surface area contributed by atoms with Gasteiger partial charge in [0.1, 0.15) is 17.6 Å². The monoisotopic (exact) mass is 433 g/mol. The summed E-state index contributed by atoms with van der Waals surface area (Å²) in [5.74, 6) is -0.268. The number of hydrogen-bond donors (Lipinski definition) is 2. The molecule has 1 saturated heterocycles. The van der Waals surface area contributed by atoms with E-state index in [4.69, 9.17) is 0 Å². The molecule has 1 fully saturated rings. The first-order chi connectivity index (χ1) is 14.0. The fraction of sp³-hybridized carbons (Fsp3) is 0.412. The highest BCUT2D eigenvalue weighted by atomic mass is 32.1. The Bertz CT molecular complexity index is 1080. The van der Waals surface area contributed by atoms with Crippen LogP contribution in [0, 0.1) is 5.92 Å². The van der Waals surface area contributed by atoms with Crippen molar-refractivity contribution in [1.29, 1.82) is 0 Å². The van der Waals surface area contributed by atoms with E-state index in [9.17, 15) is 14.4 Å². The van der Waals surface area contributed by atoms with Gasteiger partial charge in [-0.25, -0.2) is 9.97 Å². The van der Waals surface area contributed by atoms with E-state index in [2.05, 4.69) is 30.5 Å². The van der Waals surface area contributed by atoms with Crippen LogP contribution in [0.25, 0.3) is 10.3 Å². The number of amides is 2. The van der Waals surface area contributed by atoms with E-state index >= 15 is 0 Å². The van der Waals surface area contributed by atoms with Crippen molar-refractivity contribution in [3.63, 3.8) is 0 Å². The molecule has 12 heteroatoms. The van der Waals surface area contributed by atoms with E-state index in [1.54, 1.807) is 18.6 Å². The second-order valence-electron chi connectivity index (χ2n) is 6.59. The topological polar surface area (TPSA) is 122 Å². The second kappa shape index (κ2) is 8.25. The van der Waals surface area contributed by atoms with Gasteiger partial charge in [-0.15, -0.1) is 11.3 Å². The van der Waals surface area contributed by atoms with Gasteiger partial charge in [-0.1, -0.05) is 11.3 Å². The summed E-state index contributed by atoms with van der Waals surface area (Å²) in [5, 5.41) is 8.29. The third-order valence-electron chi connectivity index (χ3n) is 4.75. The van der Waals surface area contributed by atoms with Gasteiger partial charge in [0.25, 0.3) is 5.56 Å². The third-order valence-corrected chi connectivity index (χ3v) is 6.53. The van der Waals surface area contributed by atoms with Gasteiger partial charge in [-0.3, -0.25) is 19.0 Å². The Morgan fingerprint density at radius 2 is 2.07 bits per heavy atom.